The van der Waals surface area contributed by atoms with Crippen LogP contribution in [0.15, 0.2) is 18.2 Å². The monoisotopic (exact) mass is 242 g/mol. The van der Waals surface area contributed by atoms with Crippen molar-refractivity contribution < 1.29 is 4.79 Å². The largest absolute Gasteiger partial charge is 0.325 e. The first kappa shape index (κ1) is 14.9. The van der Waals surface area contributed by atoms with Crippen molar-refractivity contribution >= 4 is 24.0 Å². The number of halogens is 1. The van der Waals surface area contributed by atoms with Gasteiger partial charge in [0.1, 0.15) is 0 Å². The fraction of sp³-hybridized carbons (Fsp3) is 0.417. The molecule has 0 saturated carbocycles. The van der Waals surface area contributed by atoms with Crippen molar-refractivity contribution in [1.82, 2.24) is 0 Å². The third-order valence-electron chi connectivity index (χ3n) is 2.27. The van der Waals surface area contributed by atoms with E-state index in [2.05, 4.69) is 11.4 Å². The van der Waals surface area contributed by atoms with E-state index in [4.69, 9.17) is 5.73 Å². The van der Waals surface area contributed by atoms with Crippen LogP contribution < -0.4 is 11.1 Å². The van der Waals surface area contributed by atoms with Crippen LogP contribution in [0.4, 0.5) is 5.69 Å². The molecule has 1 atom stereocenters. The fourth-order valence-electron chi connectivity index (χ4n) is 1.47. The molecule has 3 N–H and O–H groups in total. The molecule has 3 nitrogen and oxygen atoms in total. The molecule has 0 fully saturated rings. The van der Waals surface area contributed by atoms with Crippen LogP contribution in [0.2, 0.25) is 0 Å². The average Bonchev–Trinajstić information content (AvgIpc) is 2.14. The molecule has 0 spiro atoms. The second kappa shape index (κ2) is 6.51. The third-order valence-corrected chi connectivity index (χ3v) is 2.27. The molecule has 0 saturated heterocycles. The molecular weight excluding hydrogens is 224 g/mol. The second-order valence-corrected chi connectivity index (χ2v) is 3.88. The molecule has 4 heteroatoms. The Morgan fingerprint density at radius 1 is 1.31 bits per heavy atom. The number of hydrogen-bond acceptors (Lipinski definition) is 2. The number of hydrogen-bond donors (Lipinski definition) is 2. The molecule has 0 aliphatic heterocycles. The van der Waals surface area contributed by atoms with Gasteiger partial charge in [0.2, 0.25) is 5.91 Å². The Bertz CT molecular complexity index is 346. The topological polar surface area (TPSA) is 55.1 Å². The molecule has 1 rings (SSSR count). The van der Waals surface area contributed by atoms with E-state index in [0.29, 0.717) is 6.42 Å². The molecular formula is C12H19ClN2O. The summed E-state index contributed by atoms with van der Waals surface area (Å²) in [5.74, 6) is -0.123. The van der Waals surface area contributed by atoms with Crippen LogP contribution in [0, 0.1) is 13.8 Å². The molecule has 0 aromatic heterocycles. The van der Waals surface area contributed by atoms with E-state index in [9.17, 15) is 4.79 Å². The number of anilines is 1. The normalized spacial score (nSPS) is 11.5. The zero-order valence-electron chi connectivity index (χ0n) is 9.91. The van der Waals surface area contributed by atoms with Gasteiger partial charge in [0.05, 0.1) is 6.04 Å². The zero-order chi connectivity index (χ0) is 11.4. The Kier molecular flexibility index (Phi) is 6.08. The van der Waals surface area contributed by atoms with Crippen LogP contribution in [-0.4, -0.2) is 11.9 Å². The standard InChI is InChI=1S/C12H18N2O.ClH/c1-4-11(13)12(15)14-10-6-8(2)5-9(3)7-10;/h5-7,11H,4,13H2,1-3H3,(H,14,15);1H/t11-;/m0./s1. The van der Waals surface area contributed by atoms with Gasteiger partial charge in [-0.25, -0.2) is 0 Å². The van der Waals surface area contributed by atoms with Crippen LogP contribution in [0.25, 0.3) is 0 Å². The van der Waals surface area contributed by atoms with E-state index in [1.807, 2.05) is 32.9 Å². The molecule has 0 aliphatic carbocycles. The summed E-state index contributed by atoms with van der Waals surface area (Å²) >= 11 is 0. The molecule has 0 radical (unpaired) electrons. The summed E-state index contributed by atoms with van der Waals surface area (Å²) in [7, 11) is 0. The Morgan fingerprint density at radius 2 is 1.81 bits per heavy atom. The second-order valence-electron chi connectivity index (χ2n) is 3.88. The molecule has 1 aromatic rings. The van der Waals surface area contributed by atoms with Crippen molar-refractivity contribution in [2.24, 2.45) is 5.73 Å². The van der Waals surface area contributed by atoms with Crippen LogP contribution in [-0.2, 0) is 4.79 Å². The lowest BCUT2D eigenvalue weighted by molar-refractivity contribution is -0.117. The molecule has 0 heterocycles. The Hall–Kier alpha value is -1.06. The van der Waals surface area contributed by atoms with Gasteiger partial charge in [-0.1, -0.05) is 13.0 Å². The zero-order valence-corrected chi connectivity index (χ0v) is 10.7. The van der Waals surface area contributed by atoms with Crippen molar-refractivity contribution in [1.29, 1.82) is 0 Å². The van der Waals surface area contributed by atoms with Gasteiger partial charge in [0.15, 0.2) is 0 Å². The lowest BCUT2D eigenvalue weighted by Gasteiger charge is -2.11. The molecule has 1 amide bonds. The van der Waals surface area contributed by atoms with Crippen LogP contribution in [0.1, 0.15) is 24.5 Å². The van der Waals surface area contributed by atoms with Gasteiger partial charge >= 0.3 is 0 Å². The maximum atomic E-state index is 11.5. The smallest absolute Gasteiger partial charge is 0.241 e. The molecule has 1 aromatic carbocycles. The number of rotatable bonds is 3. The SMILES string of the molecule is CC[C@H](N)C(=O)Nc1cc(C)cc(C)c1.Cl. The van der Waals surface area contributed by atoms with E-state index in [0.717, 1.165) is 16.8 Å². The highest BCUT2D eigenvalue weighted by Gasteiger charge is 2.10. The summed E-state index contributed by atoms with van der Waals surface area (Å²) in [4.78, 5) is 11.5. The van der Waals surface area contributed by atoms with Gasteiger partial charge in [-0.3, -0.25) is 4.79 Å². The lowest BCUT2D eigenvalue weighted by Crippen LogP contribution is -2.34. The summed E-state index contributed by atoms with van der Waals surface area (Å²) < 4.78 is 0. The van der Waals surface area contributed by atoms with E-state index in [1.54, 1.807) is 0 Å². The molecule has 0 aliphatic rings. The predicted molar refractivity (Wildman–Crippen MR) is 70.1 cm³/mol. The van der Waals surface area contributed by atoms with Crippen molar-refractivity contribution in [3.63, 3.8) is 0 Å². The van der Waals surface area contributed by atoms with E-state index < -0.39 is 6.04 Å². The average molecular weight is 243 g/mol. The highest BCUT2D eigenvalue weighted by molar-refractivity contribution is 5.94. The number of carbonyl (C=O) groups excluding carboxylic acids is 1. The molecule has 0 bridgehead atoms. The van der Waals surface area contributed by atoms with Crippen LogP contribution in [0.5, 0.6) is 0 Å². The number of nitrogens with one attached hydrogen (secondary N) is 1. The van der Waals surface area contributed by atoms with Gasteiger partial charge in [0, 0.05) is 5.69 Å². The van der Waals surface area contributed by atoms with Crippen molar-refractivity contribution in [2.45, 2.75) is 33.2 Å². The Labute approximate surface area is 103 Å². The van der Waals surface area contributed by atoms with Gasteiger partial charge in [0.25, 0.3) is 0 Å². The highest BCUT2D eigenvalue weighted by atomic mass is 35.5. The Morgan fingerprint density at radius 3 is 2.25 bits per heavy atom. The van der Waals surface area contributed by atoms with Gasteiger partial charge in [-0.15, -0.1) is 12.4 Å². The minimum Gasteiger partial charge on any atom is -0.325 e. The summed E-state index contributed by atoms with van der Waals surface area (Å²) in [6.45, 7) is 5.90. The van der Waals surface area contributed by atoms with Crippen molar-refractivity contribution in [3.05, 3.63) is 29.3 Å². The molecule has 90 valence electrons. The van der Waals surface area contributed by atoms with Gasteiger partial charge in [-0.2, -0.15) is 0 Å². The van der Waals surface area contributed by atoms with E-state index >= 15 is 0 Å². The Balaban J connectivity index is 0.00000225. The maximum Gasteiger partial charge on any atom is 0.241 e. The summed E-state index contributed by atoms with van der Waals surface area (Å²) in [5, 5.41) is 2.81. The maximum absolute atomic E-state index is 11.5. The number of amides is 1. The fourth-order valence-corrected chi connectivity index (χ4v) is 1.47. The summed E-state index contributed by atoms with van der Waals surface area (Å²) in [6, 6.07) is 5.52. The van der Waals surface area contributed by atoms with Crippen LogP contribution >= 0.6 is 12.4 Å². The number of benzene rings is 1. The molecule has 16 heavy (non-hydrogen) atoms. The minimum atomic E-state index is -0.425. The van der Waals surface area contributed by atoms with Gasteiger partial charge < -0.3 is 11.1 Å². The number of carbonyl (C=O) groups is 1. The van der Waals surface area contributed by atoms with Gasteiger partial charge in [-0.05, 0) is 43.5 Å². The lowest BCUT2D eigenvalue weighted by atomic mass is 10.1. The van der Waals surface area contributed by atoms with Crippen LogP contribution in [0.3, 0.4) is 0 Å². The first-order chi connectivity index (χ1) is 7.02. The first-order valence-electron chi connectivity index (χ1n) is 5.17. The highest BCUT2D eigenvalue weighted by Crippen LogP contribution is 2.13. The predicted octanol–water partition coefficient (Wildman–Crippen LogP) is 2.40. The van der Waals surface area contributed by atoms with E-state index in [-0.39, 0.29) is 18.3 Å². The van der Waals surface area contributed by atoms with Crippen molar-refractivity contribution in [3.8, 4) is 0 Å². The minimum absolute atomic E-state index is 0. The summed E-state index contributed by atoms with van der Waals surface area (Å²) in [5.41, 5.74) is 8.72. The summed E-state index contributed by atoms with van der Waals surface area (Å²) in [6.07, 6.45) is 0.649. The van der Waals surface area contributed by atoms with E-state index in [1.165, 1.54) is 0 Å². The molecule has 0 unspecified atom stereocenters. The number of nitrogens with two attached hydrogens (primary N) is 1. The number of aryl methyl sites for hydroxylation is 2. The quantitative estimate of drug-likeness (QED) is 0.855. The first-order valence-corrected chi connectivity index (χ1v) is 5.17. The third kappa shape index (κ3) is 4.21. The van der Waals surface area contributed by atoms with Crippen molar-refractivity contribution in [2.75, 3.05) is 5.32 Å².